The summed E-state index contributed by atoms with van der Waals surface area (Å²) in [6, 6.07) is 12.4. The van der Waals surface area contributed by atoms with Crippen molar-refractivity contribution in [2.45, 2.75) is 26.7 Å². The molecule has 2 amide bonds. The highest BCUT2D eigenvalue weighted by Crippen LogP contribution is 2.38. The number of nitrogens with one attached hydrogen (secondary N) is 1. The van der Waals surface area contributed by atoms with Crippen LogP contribution in [0.2, 0.25) is 0 Å². The summed E-state index contributed by atoms with van der Waals surface area (Å²) in [6.07, 6.45) is 2.64. The van der Waals surface area contributed by atoms with Crippen LogP contribution < -0.4 is 11.2 Å². The van der Waals surface area contributed by atoms with Gasteiger partial charge in [0.05, 0.1) is 23.0 Å². The molecule has 0 bridgehead atoms. The van der Waals surface area contributed by atoms with Crippen LogP contribution in [0, 0.1) is 13.8 Å². The largest absolute Gasteiger partial charge is 0.493 e. The maximum absolute atomic E-state index is 13.3. The Morgan fingerprint density at radius 2 is 1.53 bits per heavy atom. The minimum atomic E-state index is -0.901. The van der Waals surface area contributed by atoms with Crippen LogP contribution in [0.1, 0.15) is 48.5 Å². The zero-order valence-electron chi connectivity index (χ0n) is 19.5. The van der Waals surface area contributed by atoms with E-state index in [1.165, 1.54) is 0 Å². The molecule has 1 aliphatic carbocycles. The maximum atomic E-state index is 13.3. The Morgan fingerprint density at radius 3 is 2.17 bits per heavy atom. The number of amides is 2. The molecule has 6 rings (SSSR count). The van der Waals surface area contributed by atoms with E-state index >= 15 is 0 Å². The van der Waals surface area contributed by atoms with Crippen molar-refractivity contribution in [1.82, 2.24) is 14.6 Å². The van der Waals surface area contributed by atoms with E-state index in [0.717, 1.165) is 51.3 Å². The third kappa shape index (κ3) is 2.92. The molecule has 2 aliphatic rings. The average Bonchev–Trinajstić information content (AvgIpc) is 3.27. The Morgan fingerprint density at radius 1 is 0.889 bits per heavy atom. The lowest BCUT2D eigenvalue weighted by Gasteiger charge is -2.23. The second-order valence-corrected chi connectivity index (χ2v) is 9.01. The molecule has 0 unspecified atom stereocenters. The van der Waals surface area contributed by atoms with Gasteiger partial charge in [0.2, 0.25) is 5.88 Å². The smallest absolute Gasteiger partial charge is 0.335 e. The van der Waals surface area contributed by atoms with Crippen molar-refractivity contribution < 1.29 is 14.7 Å². The normalized spacial score (nSPS) is 14.4. The van der Waals surface area contributed by atoms with Gasteiger partial charge in [0.15, 0.2) is 0 Å². The summed E-state index contributed by atoms with van der Waals surface area (Å²) in [5, 5.41) is 17.2. The first-order chi connectivity index (χ1) is 17.3. The van der Waals surface area contributed by atoms with E-state index in [1.807, 2.05) is 25.1 Å². The van der Waals surface area contributed by atoms with Crippen LogP contribution in [0.5, 0.6) is 5.88 Å². The number of nitrogens with zero attached hydrogens (tertiary/aromatic N) is 3. The predicted octanol–water partition coefficient (Wildman–Crippen LogP) is 2.73. The van der Waals surface area contributed by atoms with Crippen LogP contribution in [-0.2, 0) is 12.8 Å². The summed E-state index contributed by atoms with van der Waals surface area (Å²) in [5.74, 6) is -1.91. The molecule has 36 heavy (non-hydrogen) atoms. The molecule has 9 heteroatoms. The van der Waals surface area contributed by atoms with Gasteiger partial charge in [-0.1, -0.05) is 24.3 Å². The van der Waals surface area contributed by atoms with Crippen LogP contribution >= 0.6 is 0 Å². The summed E-state index contributed by atoms with van der Waals surface area (Å²) >= 11 is 0. The summed E-state index contributed by atoms with van der Waals surface area (Å²) < 4.78 is 0.958. The van der Waals surface area contributed by atoms with Crippen molar-refractivity contribution in [3.8, 4) is 11.6 Å². The molecular formula is C27H20N4O5. The van der Waals surface area contributed by atoms with Crippen molar-refractivity contribution >= 4 is 28.8 Å². The molecular weight excluding hydrogens is 460 g/mol. The average molecular weight is 480 g/mol. The number of hydrazone groups is 1. The van der Waals surface area contributed by atoms with E-state index in [4.69, 9.17) is 0 Å². The van der Waals surface area contributed by atoms with Crippen molar-refractivity contribution in [3.63, 3.8) is 0 Å². The van der Waals surface area contributed by atoms with E-state index in [-0.39, 0.29) is 5.56 Å². The molecule has 9 nitrogen and oxygen atoms in total. The number of imide groups is 1. The lowest BCUT2D eigenvalue weighted by atomic mass is 9.92. The molecule has 3 aromatic carbocycles. The Balaban J connectivity index is 1.46. The van der Waals surface area contributed by atoms with E-state index in [0.29, 0.717) is 27.2 Å². The fraction of sp³-hybridized carbons (Fsp3) is 0.148. The van der Waals surface area contributed by atoms with Crippen LogP contribution in [-0.4, -0.2) is 37.7 Å². The lowest BCUT2D eigenvalue weighted by molar-refractivity contribution is 0.0616. The van der Waals surface area contributed by atoms with Gasteiger partial charge < -0.3 is 5.11 Å². The molecule has 0 saturated carbocycles. The van der Waals surface area contributed by atoms with Crippen LogP contribution in [0.25, 0.3) is 16.5 Å². The highest BCUT2D eigenvalue weighted by molar-refractivity contribution is 6.26. The molecule has 0 fully saturated rings. The predicted molar refractivity (Wildman–Crippen MR) is 133 cm³/mol. The molecule has 0 atom stereocenters. The number of aromatic nitrogens is 2. The first kappa shape index (κ1) is 21.7. The van der Waals surface area contributed by atoms with Crippen molar-refractivity contribution in [1.29, 1.82) is 0 Å². The van der Waals surface area contributed by atoms with Gasteiger partial charge in [-0.25, -0.2) is 9.36 Å². The fourth-order valence-electron chi connectivity index (χ4n) is 5.08. The zero-order chi connectivity index (χ0) is 25.3. The third-order valence-electron chi connectivity index (χ3n) is 7.08. The van der Waals surface area contributed by atoms with Crippen molar-refractivity contribution in [2.75, 3.05) is 0 Å². The molecule has 0 spiro atoms. The van der Waals surface area contributed by atoms with Gasteiger partial charge in [0.1, 0.15) is 5.56 Å². The quantitative estimate of drug-likeness (QED) is 0.345. The highest BCUT2D eigenvalue weighted by atomic mass is 16.3. The molecule has 0 radical (unpaired) electrons. The van der Waals surface area contributed by atoms with Gasteiger partial charge in [-0.05, 0) is 72.5 Å². The summed E-state index contributed by atoms with van der Waals surface area (Å²) in [6.45, 7) is 3.64. The first-order valence-electron chi connectivity index (χ1n) is 11.4. The molecule has 0 saturated heterocycles. The monoisotopic (exact) mass is 480 g/mol. The Hall–Kier alpha value is -4.79. The Kier molecular flexibility index (Phi) is 4.59. The molecule has 1 aromatic heterocycles. The molecule has 1 aliphatic heterocycles. The van der Waals surface area contributed by atoms with Crippen LogP contribution in [0.4, 0.5) is 0 Å². The maximum Gasteiger partial charge on any atom is 0.335 e. The molecule has 2 N–H and O–H groups in total. The highest BCUT2D eigenvalue weighted by Gasteiger charge is 2.35. The van der Waals surface area contributed by atoms with Gasteiger partial charge in [-0.2, -0.15) is 10.1 Å². The number of hydrogen-bond donors (Lipinski definition) is 2. The van der Waals surface area contributed by atoms with E-state index in [2.05, 4.69) is 10.1 Å². The molecule has 178 valence electrons. The summed E-state index contributed by atoms with van der Waals surface area (Å²) in [4.78, 5) is 53.8. The number of aromatic hydroxyl groups is 1. The number of H-pyrrole nitrogens is 1. The molecule has 2 heterocycles. The number of aromatic amines is 1. The number of benzene rings is 3. The van der Waals surface area contributed by atoms with Crippen molar-refractivity contribution in [3.05, 3.63) is 102 Å². The minimum absolute atomic E-state index is 0.350. The van der Waals surface area contributed by atoms with Gasteiger partial charge in [0.25, 0.3) is 17.4 Å². The van der Waals surface area contributed by atoms with Gasteiger partial charge in [-0.3, -0.25) is 19.4 Å². The summed E-state index contributed by atoms with van der Waals surface area (Å²) in [5.41, 5.74) is 2.81. The van der Waals surface area contributed by atoms with Crippen LogP contribution in [0.15, 0.2) is 57.2 Å². The summed E-state index contributed by atoms with van der Waals surface area (Å²) in [7, 11) is 0. The van der Waals surface area contributed by atoms with Crippen LogP contribution in [0.3, 0.4) is 0 Å². The van der Waals surface area contributed by atoms with Gasteiger partial charge >= 0.3 is 5.69 Å². The second kappa shape index (κ2) is 7.61. The fourth-order valence-corrected chi connectivity index (χ4v) is 5.08. The van der Waals surface area contributed by atoms with Gasteiger partial charge in [-0.15, -0.1) is 0 Å². The first-order valence-corrected chi connectivity index (χ1v) is 11.4. The number of hydrogen-bond acceptors (Lipinski definition) is 6. The number of carbonyl (C=O) groups excluding carboxylic acids is 2. The number of carbonyl (C=O) groups is 2. The SMILES string of the molecule is Cc1cccc(-n2c(O)c(C=NN3C(=O)c4ccc5c6c(ccc(c46)C3=O)CC5)c(=O)[nH]c2=O)c1C. The lowest BCUT2D eigenvalue weighted by Crippen LogP contribution is -2.37. The van der Waals surface area contributed by atoms with E-state index in [9.17, 15) is 24.3 Å². The van der Waals surface area contributed by atoms with E-state index in [1.54, 1.807) is 31.2 Å². The minimum Gasteiger partial charge on any atom is -0.493 e. The Labute approximate surface area is 203 Å². The third-order valence-corrected chi connectivity index (χ3v) is 7.08. The topological polar surface area (TPSA) is 125 Å². The second-order valence-electron chi connectivity index (χ2n) is 9.01. The van der Waals surface area contributed by atoms with Crippen molar-refractivity contribution in [2.24, 2.45) is 5.10 Å². The zero-order valence-corrected chi connectivity index (χ0v) is 19.5. The Bertz CT molecular complexity index is 1750. The number of rotatable bonds is 3. The van der Waals surface area contributed by atoms with E-state index < -0.39 is 28.9 Å². The molecule has 4 aromatic rings. The van der Waals surface area contributed by atoms with Gasteiger partial charge in [0, 0.05) is 5.39 Å². The standard InChI is InChI=1S/C27H20N4O5/c1-13-4-3-5-20(14(13)2)30-24(33)19(23(32)29-27(30)36)12-28-31-25(34)17-10-8-15-6-7-16-9-11-18(26(31)35)22(17)21(15)16/h3-5,8-12,33H,6-7H2,1-2H3,(H,29,32,36). The number of aryl methyl sites for hydroxylation is 3.